The van der Waals surface area contributed by atoms with Crippen LogP contribution < -0.4 is 5.56 Å². The van der Waals surface area contributed by atoms with E-state index < -0.39 is 0 Å². The molecule has 6 rings (SSSR count). The van der Waals surface area contributed by atoms with Gasteiger partial charge < -0.3 is 4.90 Å². The third-order valence-corrected chi connectivity index (χ3v) is 10.1. The summed E-state index contributed by atoms with van der Waals surface area (Å²) in [6.45, 7) is 5.80. The number of para-hydroxylation sites is 1. The number of benzene rings is 2. The lowest BCUT2D eigenvalue weighted by molar-refractivity contribution is 0.0721. The molecule has 4 aromatic rings. The van der Waals surface area contributed by atoms with Crippen molar-refractivity contribution in [3.8, 4) is 27.5 Å². The molecule has 0 spiro atoms. The number of halogens is 1. The molecule has 3 heterocycles. The molecule has 1 amide bonds. The van der Waals surface area contributed by atoms with Crippen molar-refractivity contribution in [2.45, 2.75) is 71.6 Å². The van der Waals surface area contributed by atoms with Gasteiger partial charge >= 0.3 is 0 Å². The number of likely N-dealkylation sites (tertiary alicyclic amines) is 1. The summed E-state index contributed by atoms with van der Waals surface area (Å²) in [6, 6.07) is 15.8. The zero-order valence-corrected chi connectivity index (χ0v) is 26.1. The van der Waals surface area contributed by atoms with E-state index in [9.17, 15) is 9.59 Å². The van der Waals surface area contributed by atoms with Gasteiger partial charge in [0.15, 0.2) is 0 Å². The Bertz CT molecular complexity index is 1620. The summed E-state index contributed by atoms with van der Waals surface area (Å²) in [6.07, 6.45) is 9.02. The van der Waals surface area contributed by atoms with E-state index in [1.54, 1.807) is 0 Å². The highest BCUT2D eigenvalue weighted by Crippen LogP contribution is 2.35. The zero-order chi connectivity index (χ0) is 29.2. The molecule has 42 heavy (non-hydrogen) atoms. The summed E-state index contributed by atoms with van der Waals surface area (Å²) in [5, 5.41) is 3.28. The molecule has 7 heteroatoms. The zero-order valence-electron chi connectivity index (χ0n) is 24.5. The Labute approximate surface area is 257 Å². The molecule has 0 N–H and O–H groups in total. The highest BCUT2D eigenvalue weighted by Gasteiger charge is 2.30. The van der Waals surface area contributed by atoms with Crippen molar-refractivity contribution >= 4 is 28.8 Å². The minimum Gasteiger partial charge on any atom is -0.339 e. The first-order valence-corrected chi connectivity index (χ1v) is 16.6. The molecular weight excluding hydrogens is 562 g/mol. The van der Waals surface area contributed by atoms with E-state index in [-0.39, 0.29) is 11.5 Å². The highest BCUT2D eigenvalue weighted by molar-refractivity contribution is 7.13. The number of aryl methyl sites for hydroxylation is 2. The topological polar surface area (TPSA) is 55.2 Å². The van der Waals surface area contributed by atoms with Crippen LogP contribution in [0, 0.1) is 5.92 Å². The van der Waals surface area contributed by atoms with Crippen molar-refractivity contribution in [1.29, 1.82) is 0 Å². The SMILES string of the molecule is CCc1cccc(CC)c1-n1c(CC2CCC2)c(C(=O)N2CCCCC2)cc(-c2nc(-c3ccc(Cl)cc3)cs2)c1=O. The quantitative estimate of drug-likeness (QED) is 0.204. The van der Waals surface area contributed by atoms with Crippen LogP contribution in [0.3, 0.4) is 0 Å². The standard InChI is InChI=1S/C35H38ClN3O2S/c1-3-24-12-9-13-25(4-2)32(24)39-31(20-23-10-8-11-23)28(34(40)38-18-6-5-7-19-38)21-29(35(39)41)33-37-30(22-42-33)26-14-16-27(36)17-15-26/h9,12-17,21-23H,3-8,10-11,18-20H2,1-2H3. The Balaban J connectivity index is 1.60. The fourth-order valence-corrected chi connectivity index (χ4v) is 7.28. The third kappa shape index (κ3) is 5.59. The van der Waals surface area contributed by atoms with Crippen LogP contribution >= 0.6 is 22.9 Å². The van der Waals surface area contributed by atoms with Gasteiger partial charge in [-0.25, -0.2) is 4.98 Å². The van der Waals surface area contributed by atoms with Crippen LogP contribution in [-0.4, -0.2) is 33.4 Å². The van der Waals surface area contributed by atoms with Gasteiger partial charge in [-0.05, 0) is 73.8 Å². The fourth-order valence-electron chi connectivity index (χ4n) is 6.32. The number of carbonyl (C=O) groups excluding carboxylic acids is 1. The molecule has 0 atom stereocenters. The summed E-state index contributed by atoms with van der Waals surface area (Å²) in [4.78, 5) is 36.0. The van der Waals surface area contributed by atoms with Crippen LogP contribution in [0.5, 0.6) is 0 Å². The van der Waals surface area contributed by atoms with Gasteiger partial charge in [0.05, 0.1) is 22.5 Å². The molecule has 218 valence electrons. The molecule has 2 aliphatic rings. The van der Waals surface area contributed by atoms with Gasteiger partial charge in [0.1, 0.15) is 5.01 Å². The lowest BCUT2D eigenvalue weighted by Crippen LogP contribution is -2.38. The van der Waals surface area contributed by atoms with E-state index in [0.717, 1.165) is 98.2 Å². The van der Waals surface area contributed by atoms with E-state index in [1.807, 2.05) is 45.2 Å². The predicted molar refractivity (Wildman–Crippen MR) is 173 cm³/mol. The van der Waals surface area contributed by atoms with Crippen LogP contribution in [0.4, 0.5) is 0 Å². The smallest absolute Gasteiger partial charge is 0.265 e. The van der Waals surface area contributed by atoms with Gasteiger partial charge in [0.2, 0.25) is 0 Å². The molecule has 2 fully saturated rings. The molecule has 0 unspecified atom stereocenters. The van der Waals surface area contributed by atoms with Crippen molar-refractivity contribution < 1.29 is 4.79 Å². The van der Waals surface area contributed by atoms with Gasteiger partial charge in [-0.15, -0.1) is 11.3 Å². The molecular formula is C35H38ClN3O2S. The summed E-state index contributed by atoms with van der Waals surface area (Å²) < 4.78 is 1.92. The number of pyridine rings is 1. The number of rotatable bonds is 8. The number of aromatic nitrogens is 2. The van der Waals surface area contributed by atoms with E-state index in [0.29, 0.717) is 27.1 Å². The molecule has 2 aromatic carbocycles. The van der Waals surface area contributed by atoms with Crippen molar-refractivity contribution in [3.63, 3.8) is 0 Å². The average molecular weight is 600 g/mol. The lowest BCUT2D eigenvalue weighted by atomic mass is 9.81. The summed E-state index contributed by atoms with van der Waals surface area (Å²) in [5.41, 5.74) is 6.87. The van der Waals surface area contributed by atoms with Gasteiger partial charge in [0.25, 0.3) is 11.5 Å². The van der Waals surface area contributed by atoms with E-state index in [2.05, 4.69) is 32.0 Å². The molecule has 1 aliphatic heterocycles. The highest BCUT2D eigenvalue weighted by atomic mass is 35.5. The molecule has 0 radical (unpaired) electrons. The Morgan fingerprint density at radius 3 is 2.29 bits per heavy atom. The molecule has 5 nitrogen and oxygen atoms in total. The Morgan fingerprint density at radius 1 is 0.976 bits per heavy atom. The number of hydrogen-bond donors (Lipinski definition) is 0. The minimum absolute atomic E-state index is 0.0422. The average Bonchev–Trinajstić information content (AvgIpc) is 3.49. The maximum atomic E-state index is 14.7. The first-order chi connectivity index (χ1) is 20.5. The summed E-state index contributed by atoms with van der Waals surface area (Å²) in [5.74, 6) is 0.533. The van der Waals surface area contributed by atoms with E-state index in [4.69, 9.17) is 16.6 Å². The number of hydrogen-bond acceptors (Lipinski definition) is 4. The van der Waals surface area contributed by atoms with E-state index in [1.165, 1.54) is 17.8 Å². The van der Waals surface area contributed by atoms with Crippen LogP contribution in [0.1, 0.15) is 79.6 Å². The second-order valence-electron chi connectivity index (χ2n) is 11.6. The molecule has 0 bridgehead atoms. The lowest BCUT2D eigenvalue weighted by Gasteiger charge is -2.32. The summed E-state index contributed by atoms with van der Waals surface area (Å²) in [7, 11) is 0. The normalized spacial score (nSPS) is 15.5. The number of carbonyl (C=O) groups is 1. The van der Waals surface area contributed by atoms with Crippen LogP contribution in [0.15, 0.2) is 58.7 Å². The largest absolute Gasteiger partial charge is 0.339 e. The van der Waals surface area contributed by atoms with Crippen molar-refractivity contribution in [2.75, 3.05) is 13.1 Å². The first kappa shape index (κ1) is 28.9. The maximum absolute atomic E-state index is 14.7. The monoisotopic (exact) mass is 599 g/mol. The van der Waals surface area contributed by atoms with Gasteiger partial charge in [-0.2, -0.15) is 0 Å². The second kappa shape index (κ2) is 12.6. The van der Waals surface area contributed by atoms with Crippen molar-refractivity contribution in [1.82, 2.24) is 14.5 Å². The second-order valence-corrected chi connectivity index (χ2v) is 12.9. The summed E-state index contributed by atoms with van der Waals surface area (Å²) >= 11 is 7.57. The first-order valence-electron chi connectivity index (χ1n) is 15.4. The van der Waals surface area contributed by atoms with Crippen molar-refractivity contribution in [3.05, 3.63) is 91.7 Å². The predicted octanol–water partition coefficient (Wildman–Crippen LogP) is 8.37. The van der Waals surface area contributed by atoms with Gasteiger partial charge in [-0.3, -0.25) is 14.2 Å². The van der Waals surface area contributed by atoms with Crippen LogP contribution in [0.2, 0.25) is 5.02 Å². The molecule has 1 saturated carbocycles. The molecule has 2 aromatic heterocycles. The maximum Gasteiger partial charge on any atom is 0.265 e. The van der Waals surface area contributed by atoms with Crippen LogP contribution in [0.25, 0.3) is 27.5 Å². The number of nitrogens with zero attached hydrogens (tertiary/aromatic N) is 3. The van der Waals surface area contributed by atoms with Gasteiger partial charge in [0, 0.05) is 34.7 Å². The van der Waals surface area contributed by atoms with Gasteiger partial charge in [-0.1, -0.05) is 75.0 Å². The molecule has 1 saturated heterocycles. The Hall–Kier alpha value is -3.22. The molecule has 1 aliphatic carbocycles. The number of piperidine rings is 1. The number of thiazole rings is 1. The van der Waals surface area contributed by atoms with Crippen LogP contribution in [-0.2, 0) is 19.3 Å². The van der Waals surface area contributed by atoms with Crippen molar-refractivity contribution in [2.24, 2.45) is 5.92 Å². The van der Waals surface area contributed by atoms with E-state index >= 15 is 0 Å². The minimum atomic E-state index is -0.0906. The Morgan fingerprint density at radius 2 is 1.67 bits per heavy atom. The fraction of sp³-hybridized carbons (Fsp3) is 0.400. The Kier molecular flexibility index (Phi) is 8.64. The number of amides is 1. The third-order valence-electron chi connectivity index (χ3n) is 8.95.